The second-order valence-corrected chi connectivity index (χ2v) is 7.42. The van der Waals surface area contributed by atoms with E-state index >= 15 is 0 Å². The van der Waals surface area contributed by atoms with Crippen molar-refractivity contribution in [2.45, 2.75) is 31.3 Å². The molecule has 2 atom stereocenters. The zero-order valence-electron chi connectivity index (χ0n) is 14.5. The van der Waals surface area contributed by atoms with Crippen molar-refractivity contribution in [3.63, 3.8) is 0 Å². The number of aryl methyl sites for hydroxylation is 1. The number of carbonyl (C=O) groups is 1. The summed E-state index contributed by atoms with van der Waals surface area (Å²) in [5.41, 5.74) is 1.58. The van der Waals surface area contributed by atoms with Gasteiger partial charge in [0.1, 0.15) is 12.0 Å². The highest BCUT2D eigenvalue weighted by Gasteiger charge is 2.50. The van der Waals surface area contributed by atoms with E-state index in [-0.39, 0.29) is 15.9 Å². The van der Waals surface area contributed by atoms with Crippen LogP contribution < -0.4 is 0 Å². The first kappa shape index (κ1) is 19.0. The van der Waals surface area contributed by atoms with Crippen molar-refractivity contribution in [2.24, 2.45) is 0 Å². The maximum absolute atomic E-state index is 13.1. The van der Waals surface area contributed by atoms with E-state index in [2.05, 4.69) is 6.07 Å². The number of thiocarbonyl (C=S) groups is 1. The molecule has 0 aromatic heterocycles. The molecular formula is C21H15ClN2O2S. The van der Waals surface area contributed by atoms with Crippen LogP contribution in [0.2, 0.25) is 5.02 Å². The van der Waals surface area contributed by atoms with Crippen LogP contribution in [0.5, 0.6) is 0 Å². The van der Waals surface area contributed by atoms with Gasteiger partial charge < -0.3 is 4.74 Å². The Morgan fingerprint density at radius 3 is 2.48 bits per heavy atom. The van der Waals surface area contributed by atoms with Crippen LogP contribution in [0.4, 0.5) is 0 Å². The summed E-state index contributed by atoms with van der Waals surface area (Å²) in [6.45, 7) is 1.75. The Kier molecular flexibility index (Phi) is 5.28. The third-order valence-corrected chi connectivity index (χ3v) is 5.40. The van der Waals surface area contributed by atoms with Crippen molar-refractivity contribution >= 4 is 34.7 Å². The summed E-state index contributed by atoms with van der Waals surface area (Å²) in [7, 11) is 0. The predicted molar refractivity (Wildman–Crippen MR) is 105 cm³/mol. The molecule has 2 unspecified atom stereocenters. The number of benzene rings is 2. The lowest BCUT2D eigenvalue weighted by Crippen LogP contribution is -2.34. The van der Waals surface area contributed by atoms with Gasteiger partial charge in [-0.2, -0.15) is 10.5 Å². The number of halogens is 1. The molecule has 0 radical (unpaired) electrons. The number of nitriles is 2. The van der Waals surface area contributed by atoms with Gasteiger partial charge in [-0.25, -0.2) is 0 Å². The van der Waals surface area contributed by atoms with E-state index in [1.165, 1.54) is 0 Å². The summed E-state index contributed by atoms with van der Waals surface area (Å²) < 4.78 is 5.81. The molecule has 0 amide bonds. The van der Waals surface area contributed by atoms with Crippen LogP contribution in [0, 0.1) is 22.7 Å². The van der Waals surface area contributed by atoms with E-state index in [0.29, 0.717) is 29.5 Å². The fraction of sp³-hybridized carbons (Fsp3) is 0.238. The van der Waals surface area contributed by atoms with Gasteiger partial charge >= 0.3 is 0 Å². The topological polar surface area (TPSA) is 73.9 Å². The Morgan fingerprint density at radius 1 is 1.19 bits per heavy atom. The molecule has 4 nitrogen and oxygen atoms in total. The molecule has 134 valence electrons. The van der Waals surface area contributed by atoms with E-state index < -0.39 is 11.5 Å². The summed E-state index contributed by atoms with van der Waals surface area (Å²) in [4.78, 5) is 13.1. The molecule has 0 aliphatic carbocycles. The molecule has 0 N–H and O–H groups in total. The zero-order valence-corrected chi connectivity index (χ0v) is 16.1. The Hall–Kier alpha value is -2.73. The number of nitrogens with zero attached hydrogens (tertiary/aromatic N) is 2. The number of carbonyl (C=O) groups excluding carboxylic acids is 1. The lowest BCUT2D eigenvalue weighted by molar-refractivity contribution is -0.129. The third kappa shape index (κ3) is 3.71. The average Bonchev–Trinajstić information content (AvgIpc) is 2.89. The highest BCUT2D eigenvalue weighted by molar-refractivity contribution is 7.80. The van der Waals surface area contributed by atoms with Crippen LogP contribution in [0.3, 0.4) is 0 Å². The van der Waals surface area contributed by atoms with Crippen molar-refractivity contribution in [1.82, 2.24) is 0 Å². The molecule has 1 aliphatic rings. The first-order valence-electron chi connectivity index (χ1n) is 8.34. The van der Waals surface area contributed by atoms with Crippen LogP contribution in [-0.4, -0.2) is 16.4 Å². The Morgan fingerprint density at radius 2 is 1.89 bits per heavy atom. The number of ether oxygens (including phenoxy) is 1. The van der Waals surface area contributed by atoms with Crippen molar-refractivity contribution in [3.05, 3.63) is 69.7 Å². The Labute approximate surface area is 167 Å². The van der Waals surface area contributed by atoms with E-state index in [1.54, 1.807) is 37.3 Å². The van der Waals surface area contributed by atoms with Crippen LogP contribution >= 0.6 is 23.8 Å². The molecule has 3 rings (SSSR count). The fourth-order valence-electron chi connectivity index (χ4n) is 3.14. The highest BCUT2D eigenvalue weighted by atomic mass is 35.5. The quantitative estimate of drug-likeness (QED) is 0.714. The predicted octanol–water partition coefficient (Wildman–Crippen LogP) is 4.49. The summed E-state index contributed by atoms with van der Waals surface area (Å²) >= 11 is 11.4. The summed E-state index contributed by atoms with van der Waals surface area (Å²) in [6, 6.07) is 16.2. The number of rotatable bonds is 4. The molecule has 1 fully saturated rings. The van der Waals surface area contributed by atoms with Gasteiger partial charge in [0.05, 0.1) is 22.2 Å². The summed E-state index contributed by atoms with van der Waals surface area (Å²) in [5.74, 6) is -0.780. The first-order chi connectivity index (χ1) is 12.9. The monoisotopic (exact) mass is 394 g/mol. The van der Waals surface area contributed by atoms with E-state index in [0.717, 1.165) is 5.56 Å². The molecule has 27 heavy (non-hydrogen) atoms. The van der Waals surface area contributed by atoms with Crippen molar-refractivity contribution in [1.29, 1.82) is 10.5 Å². The molecule has 1 heterocycles. The van der Waals surface area contributed by atoms with Crippen LogP contribution in [0.1, 0.15) is 41.5 Å². The van der Waals surface area contributed by atoms with Crippen LogP contribution in [0.25, 0.3) is 0 Å². The molecule has 2 aromatic carbocycles. The van der Waals surface area contributed by atoms with Gasteiger partial charge in [0, 0.05) is 0 Å². The average molecular weight is 395 g/mol. The third-order valence-electron chi connectivity index (χ3n) is 4.77. The van der Waals surface area contributed by atoms with Crippen molar-refractivity contribution in [3.8, 4) is 12.1 Å². The number of ketones is 1. The van der Waals surface area contributed by atoms with Gasteiger partial charge in [0.2, 0.25) is 0 Å². The number of hydrogen-bond donors (Lipinski definition) is 0. The standard InChI is InChI=1S/C21H15ClN2O2S/c1-21(9-8-13-2-4-14(11-23)5-3-13)19(25)18(20(27)26-21)15-6-7-16(12-24)17(22)10-15/h2-7,10,18H,8-9H2,1H3. The van der Waals surface area contributed by atoms with Crippen LogP contribution in [-0.2, 0) is 16.0 Å². The normalized spacial score (nSPS) is 21.4. The van der Waals surface area contributed by atoms with E-state index in [1.807, 2.05) is 18.2 Å². The minimum atomic E-state index is -1.02. The maximum Gasteiger partial charge on any atom is 0.191 e. The summed E-state index contributed by atoms with van der Waals surface area (Å²) in [5, 5.41) is 18.4. The SMILES string of the molecule is CC1(CCc2ccc(C#N)cc2)OC(=S)C(c2ccc(C#N)c(Cl)c2)C1=O. The lowest BCUT2D eigenvalue weighted by Gasteiger charge is -2.21. The Balaban J connectivity index is 1.78. The smallest absolute Gasteiger partial charge is 0.191 e. The zero-order chi connectivity index (χ0) is 19.6. The van der Waals surface area contributed by atoms with Crippen LogP contribution in [0.15, 0.2) is 42.5 Å². The second-order valence-electron chi connectivity index (χ2n) is 6.61. The lowest BCUT2D eigenvalue weighted by atomic mass is 9.85. The van der Waals surface area contributed by atoms with Gasteiger partial charge in [0.25, 0.3) is 0 Å². The summed E-state index contributed by atoms with van der Waals surface area (Å²) in [6.07, 6.45) is 1.09. The molecule has 1 aliphatic heterocycles. The molecule has 1 saturated heterocycles. The van der Waals surface area contributed by atoms with E-state index in [9.17, 15) is 4.79 Å². The van der Waals surface area contributed by atoms with Crippen molar-refractivity contribution in [2.75, 3.05) is 0 Å². The molecule has 2 aromatic rings. The van der Waals surface area contributed by atoms with Gasteiger partial charge in [0.15, 0.2) is 16.4 Å². The van der Waals surface area contributed by atoms with Crippen molar-refractivity contribution < 1.29 is 9.53 Å². The second kappa shape index (κ2) is 7.48. The molecular weight excluding hydrogens is 380 g/mol. The Bertz CT molecular complexity index is 1000. The van der Waals surface area contributed by atoms with Gasteiger partial charge in [-0.1, -0.05) is 29.8 Å². The molecule has 0 saturated carbocycles. The molecule has 0 bridgehead atoms. The first-order valence-corrected chi connectivity index (χ1v) is 9.12. The molecule has 6 heteroatoms. The molecule has 0 spiro atoms. The highest BCUT2D eigenvalue weighted by Crippen LogP contribution is 2.38. The minimum absolute atomic E-state index is 0.109. The van der Waals surface area contributed by atoms with Gasteiger partial charge in [-0.05, 0) is 67.4 Å². The largest absolute Gasteiger partial charge is 0.472 e. The number of hydrogen-bond acceptors (Lipinski definition) is 5. The fourth-order valence-corrected chi connectivity index (χ4v) is 3.79. The van der Waals surface area contributed by atoms with Gasteiger partial charge in [-0.3, -0.25) is 4.79 Å². The minimum Gasteiger partial charge on any atom is -0.472 e. The van der Waals surface area contributed by atoms with E-state index in [4.69, 9.17) is 39.1 Å². The van der Waals surface area contributed by atoms with Gasteiger partial charge in [-0.15, -0.1) is 0 Å². The number of Topliss-reactive ketones (excluding diaryl/α,β-unsaturated/α-hetero) is 1. The maximum atomic E-state index is 13.1.